The predicted octanol–water partition coefficient (Wildman–Crippen LogP) is 1.18. The van der Waals surface area contributed by atoms with Gasteiger partial charge in [-0.1, -0.05) is 11.6 Å². The molecule has 0 bridgehead atoms. The first-order valence-corrected chi connectivity index (χ1v) is 1.45. The summed E-state index contributed by atoms with van der Waals surface area (Å²) < 4.78 is 11.0. The lowest BCUT2D eigenvalue weighted by Crippen LogP contribution is -1.72. The van der Waals surface area contributed by atoms with Crippen molar-refractivity contribution in [2.75, 3.05) is 0 Å². The van der Waals surface area contributed by atoms with Crippen molar-refractivity contribution in [3.8, 4) is 0 Å². The Bertz CT molecular complexity index is 36.6. The minimum atomic E-state index is -1.63. The molecule has 0 aliphatic rings. The lowest BCUT2D eigenvalue weighted by atomic mass is 11.3. The van der Waals surface area contributed by atoms with Crippen LogP contribution in [0.1, 0.15) is 0 Å². The van der Waals surface area contributed by atoms with Crippen LogP contribution in [0.3, 0.4) is 0 Å². The summed E-state index contributed by atoms with van der Waals surface area (Å²) in [5.74, 6) is -1.63. The van der Waals surface area contributed by atoms with Gasteiger partial charge in [-0.2, -0.15) is 0 Å². The number of rotatable bonds is 1. The Kier molecular flexibility index (Phi) is 2.10. The molecular formula is C2H3ClFN. The van der Waals surface area contributed by atoms with E-state index in [0.29, 0.717) is 0 Å². The topological polar surface area (TPSA) is 12.4 Å². The van der Waals surface area contributed by atoms with E-state index in [0.717, 1.165) is 0 Å². The van der Waals surface area contributed by atoms with Crippen LogP contribution in [0.2, 0.25) is 0 Å². The molecule has 0 aliphatic carbocycles. The summed E-state index contributed by atoms with van der Waals surface area (Å²) in [7, 11) is 0. The smallest absolute Gasteiger partial charge is 0.251 e. The third-order valence-corrected chi connectivity index (χ3v) is 0.276. The van der Waals surface area contributed by atoms with E-state index in [1.807, 2.05) is 0 Å². The van der Waals surface area contributed by atoms with Gasteiger partial charge < -0.3 is 0 Å². The Balaban J connectivity index is 2.83. The van der Waals surface area contributed by atoms with Gasteiger partial charge in [0.05, 0.1) is 0 Å². The van der Waals surface area contributed by atoms with Crippen molar-refractivity contribution in [1.29, 1.82) is 0 Å². The second-order valence-corrected chi connectivity index (χ2v) is 0.820. The predicted molar refractivity (Wildman–Crippen MR) is 20.3 cm³/mol. The van der Waals surface area contributed by atoms with Crippen molar-refractivity contribution in [1.82, 2.24) is 0 Å². The van der Waals surface area contributed by atoms with Crippen LogP contribution in [0.25, 0.3) is 0 Å². The van der Waals surface area contributed by atoms with Gasteiger partial charge >= 0.3 is 0 Å². The highest BCUT2D eigenvalue weighted by molar-refractivity contribution is 6.19. The lowest BCUT2D eigenvalue weighted by Gasteiger charge is -1.77. The summed E-state index contributed by atoms with van der Waals surface area (Å²) in [5, 5.41) is 0. The van der Waals surface area contributed by atoms with E-state index >= 15 is 0 Å². The Hall–Kier alpha value is -0.110. The van der Waals surface area contributed by atoms with Crippen molar-refractivity contribution >= 4 is 18.3 Å². The van der Waals surface area contributed by atoms with E-state index in [1.54, 1.807) is 0 Å². The average molecular weight is 95.5 g/mol. The van der Waals surface area contributed by atoms with Crippen LogP contribution in [0.4, 0.5) is 4.39 Å². The first kappa shape index (κ1) is 4.89. The Labute approximate surface area is 34.5 Å². The fourth-order valence-corrected chi connectivity index (χ4v) is 0. The summed E-state index contributed by atoms with van der Waals surface area (Å²) in [6.45, 7) is 2.80. The Morgan fingerprint density at radius 2 is 2.20 bits per heavy atom. The first-order valence-electron chi connectivity index (χ1n) is 1.01. The largest absolute Gasteiger partial charge is 0.264 e. The molecule has 0 N–H and O–H groups in total. The maximum absolute atomic E-state index is 11.0. The van der Waals surface area contributed by atoms with Crippen LogP contribution in [-0.4, -0.2) is 12.5 Å². The number of aliphatic imine (C=N–C) groups is 1. The molecule has 0 aromatic heterocycles. The van der Waals surface area contributed by atoms with Gasteiger partial charge in [0.2, 0.25) is 0 Å². The summed E-state index contributed by atoms with van der Waals surface area (Å²) >= 11 is 4.57. The van der Waals surface area contributed by atoms with E-state index in [-0.39, 0.29) is 0 Å². The molecular weight excluding hydrogens is 92.5 g/mol. The summed E-state index contributed by atoms with van der Waals surface area (Å²) in [6, 6.07) is 0. The molecule has 1 nitrogen and oxygen atoms in total. The van der Waals surface area contributed by atoms with Gasteiger partial charge in [-0.15, -0.1) is 0 Å². The van der Waals surface area contributed by atoms with Crippen LogP contribution in [0, 0.1) is 0 Å². The Morgan fingerprint density at radius 3 is 2.20 bits per heavy atom. The third-order valence-electron chi connectivity index (χ3n) is 0.138. The van der Waals surface area contributed by atoms with Crippen molar-refractivity contribution in [2.24, 2.45) is 4.99 Å². The molecule has 3 heteroatoms. The zero-order valence-corrected chi connectivity index (χ0v) is 3.24. The van der Waals surface area contributed by atoms with Crippen LogP contribution in [-0.2, 0) is 0 Å². The highest BCUT2D eigenvalue weighted by Crippen LogP contribution is 1.93. The summed E-state index contributed by atoms with van der Waals surface area (Å²) in [5.41, 5.74) is 0. The molecule has 0 heterocycles. The second-order valence-electron chi connectivity index (χ2n) is 0.460. The number of nitrogens with zero attached hydrogens (tertiary/aromatic N) is 1. The fourth-order valence-electron chi connectivity index (χ4n) is 0. The Morgan fingerprint density at radius 1 is 2.00 bits per heavy atom. The zero-order chi connectivity index (χ0) is 4.28. The molecule has 0 spiro atoms. The standard InChI is InChI=1S/C2H3ClFN/c1-5-2(3)4/h2H,1H2. The molecule has 0 aliphatic heterocycles. The number of hydrogen-bond acceptors (Lipinski definition) is 1. The van der Waals surface area contributed by atoms with E-state index < -0.39 is 5.75 Å². The highest BCUT2D eigenvalue weighted by atomic mass is 35.5. The molecule has 0 radical (unpaired) electrons. The van der Waals surface area contributed by atoms with Gasteiger partial charge in [0.25, 0.3) is 5.75 Å². The van der Waals surface area contributed by atoms with E-state index in [9.17, 15) is 4.39 Å². The number of halogens is 2. The van der Waals surface area contributed by atoms with Crippen molar-refractivity contribution in [2.45, 2.75) is 5.75 Å². The van der Waals surface area contributed by atoms with Crippen LogP contribution in [0.5, 0.6) is 0 Å². The molecule has 0 amide bonds. The lowest BCUT2D eigenvalue weighted by molar-refractivity contribution is 0.462. The van der Waals surface area contributed by atoms with Gasteiger partial charge in [0, 0.05) is 0 Å². The minimum absolute atomic E-state index is 1.63. The van der Waals surface area contributed by atoms with E-state index in [4.69, 9.17) is 0 Å². The molecule has 0 rings (SSSR count). The molecule has 30 valence electrons. The SMILES string of the molecule is C=NC(F)Cl. The van der Waals surface area contributed by atoms with E-state index in [2.05, 4.69) is 23.3 Å². The minimum Gasteiger partial charge on any atom is -0.251 e. The molecule has 5 heavy (non-hydrogen) atoms. The third kappa shape index (κ3) is 3.89. The van der Waals surface area contributed by atoms with Crippen LogP contribution in [0.15, 0.2) is 4.99 Å². The van der Waals surface area contributed by atoms with Crippen molar-refractivity contribution < 1.29 is 4.39 Å². The van der Waals surface area contributed by atoms with Gasteiger partial charge in [0.1, 0.15) is 0 Å². The maximum atomic E-state index is 11.0. The average Bonchev–Trinajstić information content (AvgIpc) is 1.38. The number of hydrogen-bond donors (Lipinski definition) is 0. The first-order chi connectivity index (χ1) is 2.27. The van der Waals surface area contributed by atoms with Gasteiger partial charge in [-0.25, -0.2) is 4.39 Å². The van der Waals surface area contributed by atoms with Gasteiger partial charge in [-0.3, -0.25) is 4.99 Å². The zero-order valence-electron chi connectivity index (χ0n) is 2.49. The molecule has 1 atom stereocenters. The fraction of sp³-hybridized carbons (Fsp3) is 0.500. The van der Waals surface area contributed by atoms with Crippen LogP contribution < -0.4 is 0 Å². The molecule has 0 aromatic rings. The quantitative estimate of drug-likeness (QED) is 0.263. The van der Waals surface area contributed by atoms with Gasteiger partial charge in [-0.05, 0) is 6.72 Å². The van der Waals surface area contributed by atoms with E-state index in [1.165, 1.54) is 0 Å². The molecule has 0 fully saturated rings. The second kappa shape index (κ2) is 2.15. The molecule has 0 saturated heterocycles. The number of alkyl halides is 2. The monoisotopic (exact) mass is 95.0 g/mol. The molecule has 0 saturated carbocycles. The normalized spacial score (nSPS) is 14.0. The molecule has 1 unspecified atom stereocenters. The van der Waals surface area contributed by atoms with Crippen molar-refractivity contribution in [3.63, 3.8) is 0 Å². The van der Waals surface area contributed by atoms with Crippen LogP contribution >= 0.6 is 11.6 Å². The van der Waals surface area contributed by atoms with Crippen molar-refractivity contribution in [3.05, 3.63) is 0 Å². The van der Waals surface area contributed by atoms with Gasteiger partial charge in [0.15, 0.2) is 0 Å². The summed E-state index contributed by atoms with van der Waals surface area (Å²) in [4.78, 5) is 2.74. The maximum Gasteiger partial charge on any atom is 0.264 e. The summed E-state index contributed by atoms with van der Waals surface area (Å²) in [6.07, 6.45) is 0. The molecule has 0 aromatic carbocycles. The highest BCUT2D eigenvalue weighted by Gasteiger charge is 1.84.